The number of hydrazine groups is 1. The molecule has 3 N–H and O–H groups in total. The standard InChI is InChI=1S/C12H15N5O2S/c1-2-17(10-5-8-14-9-6-10)20(18,19)11-4-3-7-15-12(11)16-13/h3-9H,2,13H2,1H3,(H,15,16). The number of hydrogen-bond donors (Lipinski definition) is 2. The van der Waals surface area contributed by atoms with Gasteiger partial charge in [0.1, 0.15) is 4.90 Å². The van der Waals surface area contributed by atoms with E-state index >= 15 is 0 Å². The highest BCUT2D eigenvalue weighted by molar-refractivity contribution is 7.93. The van der Waals surface area contributed by atoms with Gasteiger partial charge in [-0.15, -0.1) is 0 Å². The van der Waals surface area contributed by atoms with Crippen molar-refractivity contribution in [3.63, 3.8) is 0 Å². The van der Waals surface area contributed by atoms with Crippen LogP contribution in [0.5, 0.6) is 0 Å². The van der Waals surface area contributed by atoms with Gasteiger partial charge in [-0.1, -0.05) is 0 Å². The fourth-order valence-corrected chi connectivity index (χ4v) is 3.41. The molecular formula is C12H15N5O2S. The van der Waals surface area contributed by atoms with Crippen LogP contribution in [-0.4, -0.2) is 24.9 Å². The van der Waals surface area contributed by atoms with Gasteiger partial charge >= 0.3 is 0 Å². The topological polar surface area (TPSA) is 101 Å². The van der Waals surface area contributed by atoms with Crippen molar-refractivity contribution in [1.29, 1.82) is 0 Å². The van der Waals surface area contributed by atoms with Gasteiger partial charge in [0.25, 0.3) is 10.0 Å². The molecule has 2 rings (SSSR count). The molecule has 2 aromatic rings. The molecule has 2 aromatic heterocycles. The highest BCUT2D eigenvalue weighted by Crippen LogP contribution is 2.26. The normalized spacial score (nSPS) is 11.1. The van der Waals surface area contributed by atoms with Crippen LogP contribution in [0.1, 0.15) is 6.92 Å². The maximum absolute atomic E-state index is 12.7. The molecule has 0 aliphatic rings. The van der Waals surface area contributed by atoms with Gasteiger partial charge in [0.05, 0.1) is 5.69 Å². The van der Waals surface area contributed by atoms with Gasteiger partial charge in [0.2, 0.25) is 0 Å². The molecule has 106 valence electrons. The van der Waals surface area contributed by atoms with Crippen LogP contribution in [0.3, 0.4) is 0 Å². The third-order valence-electron chi connectivity index (χ3n) is 2.71. The number of rotatable bonds is 5. The van der Waals surface area contributed by atoms with Crippen LogP contribution in [0.2, 0.25) is 0 Å². The zero-order valence-electron chi connectivity index (χ0n) is 10.9. The van der Waals surface area contributed by atoms with Gasteiger partial charge in [-0.05, 0) is 31.2 Å². The summed E-state index contributed by atoms with van der Waals surface area (Å²) in [5.41, 5.74) is 2.84. The number of hydrogen-bond acceptors (Lipinski definition) is 6. The minimum absolute atomic E-state index is 0.0289. The number of sulfonamides is 1. The number of nitrogens with zero attached hydrogens (tertiary/aromatic N) is 3. The lowest BCUT2D eigenvalue weighted by Gasteiger charge is -2.23. The molecule has 0 atom stereocenters. The van der Waals surface area contributed by atoms with E-state index in [1.165, 1.54) is 16.6 Å². The Bertz CT molecular complexity index is 675. The van der Waals surface area contributed by atoms with E-state index in [9.17, 15) is 8.42 Å². The van der Waals surface area contributed by atoms with Crippen LogP contribution in [0.15, 0.2) is 47.8 Å². The molecule has 0 saturated carbocycles. The second-order valence-electron chi connectivity index (χ2n) is 3.87. The molecule has 0 aliphatic heterocycles. The first-order chi connectivity index (χ1) is 9.61. The lowest BCUT2D eigenvalue weighted by atomic mass is 10.4. The molecule has 0 aromatic carbocycles. The maximum atomic E-state index is 12.7. The highest BCUT2D eigenvalue weighted by atomic mass is 32.2. The fourth-order valence-electron chi connectivity index (χ4n) is 1.83. The Labute approximate surface area is 117 Å². The van der Waals surface area contributed by atoms with Crippen LogP contribution < -0.4 is 15.6 Å². The van der Waals surface area contributed by atoms with Gasteiger partial charge in [-0.3, -0.25) is 9.29 Å². The molecule has 2 heterocycles. The first-order valence-corrected chi connectivity index (χ1v) is 7.39. The Morgan fingerprint density at radius 3 is 2.55 bits per heavy atom. The van der Waals surface area contributed by atoms with E-state index in [1.54, 1.807) is 37.5 Å². The van der Waals surface area contributed by atoms with Crippen molar-refractivity contribution in [3.8, 4) is 0 Å². The first-order valence-electron chi connectivity index (χ1n) is 5.95. The second kappa shape index (κ2) is 5.85. The van der Waals surface area contributed by atoms with E-state index in [-0.39, 0.29) is 17.3 Å². The monoisotopic (exact) mass is 293 g/mol. The summed E-state index contributed by atoms with van der Waals surface area (Å²) < 4.78 is 26.7. The van der Waals surface area contributed by atoms with Crippen LogP contribution >= 0.6 is 0 Å². The third-order valence-corrected chi connectivity index (χ3v) is 4.65. The number of nitrogen functional groups attached to an aromatic ring is 1. The largest absolute Gasteiger partial charge is 0.307 e. The number of pyridine rings is 2. The fraction of sp³-hybridized carbons (Fsp3) is 0.167. The van der Waals surface area contributed by atoms with E-state index in [1.807, 2.05) is 0 Å². The SMILES string of the molecule is CCN(c1ccncc1)S(=O)(=O)c1cccnc1NN. The number of aromatic nitrogens is 2. The quantitative estimate of drug-likeness (QED) is 0.629. The van der Waals surface area contributed by atoms with Crippen LogP contribution in [0.4, 0.5) is 11.5 Å². The molecule has 0 radical (unpaired) electrons. The lowest BCUT2D eigenvalue weighted by molar-refractivity contribution is 0.591. The van der Waals surface area contributed by atoms with Crippen molar-refractivity contribution in [1.82, 2.24) is 9.97 Å². The van der Waals surface area contributed by atoms with Crippen molar-refractivity contribution in [3.05, 3.63) is 42.9 Å². The molecule has 0 bridgehead atoms. The van der Waals surface area contributed by atoms with Gasteiger partial charge < -0.3 is 5.43 Å². The Morgan fingerprint density at radius 2 is 1.95 bits per heavy atom. The summed E-state index contributed by atoms with van der Waals surface area (Å²) in [5, 5.41) is 0. The Kier molecular flexibility index (Phi) is 4.16. The van der Waals surface area contributed by atoms with E-state index in [0.717, 1.165) is 0 Å². The summed E-state index contributed by atoms with van der Waals surface area (Å²) in [6.07, 6.45) is 4.55. The molecule has 0 saturated heterocycles. The predicted octanol–water partition coefficient (Wildman–Crippen LogP) is 0.977. The molecule has 20 heavy (non-hydrogen) atoms. The molecule has 0 fully saturated rings. The lowest BCUT2D eigenvalue weighted by Crippen LogP contribution is -2.31. The predicted molar refractivity (Wildman–Crippen MR) is 76.5 cm³/mol. The molecule has 0 amide bonds. The van der Waals surface area contributed by atoms with Crippen molar-refractivity contribution in [2.24, 2.45) is 5.84 Å². The Morgan fingerprint density at radius 1 is 1.25 bits per heavy atom. The van der Waals surface area contributed by atoms with Crippen LogP contribution in [0, 0.1) is 0 Å². The van der Waals surface area contributed by atoms with Crippen molar-refractivity contribution in [2.45, 2.75) is 11.8 Å². The minimum Gasteiger partial charge on any atom is -0.307 e. The molecule has 8 heteroatoms. The Balaban J connectivity index is 2.53. The first kappa shape index (κ1) is 14.2. The van der Waals surface area contributed by atoms with Crippen molar-refractivity contribution >= 4 is 21.5 Å². The van der Waals surface area contributed by atoms with Gasteiger partial charge in [-0.2, -0.15) is 0 Å². The maximum Gasteiger partial charge on any atom is 0.268 e. The van der Waals surface area contributed by atoms with Crippen LogP contribution in [-0.2, 0) is 10.0 Å². The third kappa shape index (κ3) is 2.56. The van der Waals surface area contributed by atoms with Gasteiger partial charge in [0.15, 0.2) is 5.82 Å². The molecule has 0 unspecified atom stereocenters. The zero-order valence-corrected chi connectivity index (χ0v) is 11.7. The van der Waals surface area contributed by atoms with Gasteiger partial charge in [-0.25, -0.2) is 19.2 Å². The summed E-state index contributed by atoms with van der Waals surface area (Å²) in [6, 6.07) is 6.27. The molecule has 0 spiro atoms. The van der Waals surface area contributed by atoms with E-state index in [4.69, 9.17) is 5.84 Å². The smallest absolute Gasteiger partial charge is 0.268 e. The van der Waals surface area contributed by atoms with Crippen LogP contribution in [0.25, 0.3) is 0 Å². The van der Waals surface area contributed by atoms with Gasteiger partial charge in [0, 0.05) is 25.1 Å². The summed E-state index contributed by atoms with van der Waals surface area (Å²) in [6.45, 7) is 2.04. The second-order valence-corrected chi connectivity index (χ2v) is 5.70. The summed E-state index contributed by atoms with van der Waals surface area (Å²) in [7, 11) is -3.75. The summed E-state index contributed by atoms with van der Waals surface area (Å²) >= 11 is 0. The van der Waals surface area contributed by atoms with E-state index in [2.05, 4.69) is 15.4 Å². The number of nitrogens with two attached hydrogens (primary N) is 1. The zero-order chi connectivity index (χ0) is 14.6. The average Bonchev–Trinajstić information content (AvgIpc) is 2.48. The van der Waals surface area contributed by atoms with E-state index < -0.39 is 10.0 Å². The average molecular weight is 293 g/mol. The summed E-state index contributed by atoms with van der Waals surface area (Å²) in [5.74, 6) is 5.43. The number of anilines is 2. The Hall–Kier alpha value is -2.19. The molecular weight excluding hydrogens is 278 g/mol. The van der Waals surface area contributed by atoms with Crippen molar-refractivity contribution < 1.29 is 8.42 Å². The molecule has 0 aliphatic carbocycles. The minimum atomic E-state index is -3.75. The highest BCUT2D eigenvalue weighted by Gasteiger charge is 2.26. The van der Waals surface area contributed by atoms with Crippen molar-refractivity contribution in [2.75, 3.05) is 16.3 Å². The summed E-state index contributed by atoms with van der Waals surface area (Å²) in [4.78, 5) is 7.83. The number of nitrogens with one attached hydrogen (secondary N) is 1. The van der Waals surface area contributed by atoms with E-state index in [0.29, 0.717) is 5.69 Å². The molecule has 7 nitrogen and oxygen atoms in total.